The Hall–Kier alpha value is -3.55. The van der Waals surface area contributed by atoms with Crippen LogP contribution in [0.25, 0.3) is 0 Å². The molecule has 0 fully saturated rings. The van der Waals surface area contributed by atoms with Crippen molar-refractivity contribution in [2.24, 2.45) is 0 Å². The van der Waals surface area contributed by atoms with Crippen LogP contribution in [0.2, 0.25) is 0 Å². The Balaban J connectivity index is 1.79. The van der Waals surface area contributed by atoms with Crippen molar-refractivity contribution in [1.82, 2.24) is 15.1 Å². The van der Waals surface area contributed by atoms with Gasteiger partial charge in [-0.25, -0.2) is 13.5 Å². The number of anilines is 1. The molecule has 1 heterocycles. The number of amides is 2. The minimum absolute atomic E-state index is 0.219. The van der Waals surface area contributed by atoms with Crippen molar-refractivity contribution in [3.8, 4) is 0 Å². The van der Waals surface area contributed by atoms with Crippen molar-refractivity contribution < 1.29 is 18.4 Å². The van der Waals surface area contributed by atoms with E-state index in [1.807, 2.05) is 78.8 Å². The van der Waals surface area contributed by atoms with Gasteiger partial charge < -0.3 is 10.6 Å². The molecule has 1 aromatic heterocycles. The normalized spacial score (nSPS) is 13.2. The predicted molar refractivity (Wildman–Crippen MR) is 146 cm³/mol. The number of nitrogens with zero attached hydrogens (tertiary/aromatic N) is 2. The Morgan fingerprint density at radius 3 is 2.03 bits per heavy atom. The number of carbonyl (C=O) groups excluding carboxylic acids is 2. The van der Waals surface area contributed by atoms with Crippen LogP contribution in [0.4, 0.5) is 14.6 Å². The highest BCUT2D eigenvalue weighted by atomic mass is 19.1. The molecule has 1 atom stereocenters. The molecule has 0 aliphatic rings. The van der Waals surface area contributed by atoms with E-state index in [0.717, 1.165) is 11.6 Å². The van der Waals surface area contributed by atoms with Crippen molar-refractivity contribution in [2.75, 3.05) is 5.32 Å². The first-order valence-corrected chi connectivity index (χ1v) is 12.7. The smallest absolute Gasteiger partial charge is 0.247 e. The number of halogens is 2. The van der Waals surface area contributed by atoms with Crippen LogP contribution in [0.5, 0.6) is 0 Å². The first kappa shape index (κ1) is 29.0. The molecular weight excluding hydrogens is 486 g/mol. The van der Waals surface area contributed by atoms with E-state index >= 15 is 0 Å². The van der Waals surface area contributed by atoms with E-state index in [0.29, 0.717) is 17.1 Å². The first-order chi connectivity index (χ1) is 17.5. The molecule has 38 heavy (non-hydrogen) atoms. The third kappa shape index (κ3) is 6.65. The third-order valence-electron chi connectivity index (χ3n) is 6.75. The summed E-state index contributed by atoms with van der Waals surface area (Å²) in [5.41, 5.74) is 0.248. The molecule has 2 amide bonds. The average Bonchev–Trinajstić information content (AvgIpc) is 3.24. The van der Waals surface area contributed by atoms with Gasteiger partial charge in [-0.2, -0.15) is 5.10 Å². The van der Waals surface area contributed by atoms with Gasteiger partial charge in [0.25, 0.3) is 0 Å². The van der Waals surface area contributed by atoms with Crippen molar-refractivity contribution in [3.63, 3.8) is 0 Å². The molecule has 3 aromatic rings. The lowest BCUT2D eigenvalue weighted by Gasteiger charge is -2.26. The van der Waals surface area contributed by atoms with Crippen LogP contribution >= 0.6 is 0 Å². The molecule has 0 saturated heterocycles. The van der Waals surface area contributed by atoms with E-state index < -0.39 is 40.0 Å². The fraction of sp³-hybridized carbons (Fsp3) is 0.433. The number of aromatic nitrogens is 2. The highest BCUT2D eigenvalue weighted by molar-refractivity contribution is 5.96. The highest BCUT2D eigenvalue weighted by Gasteiger charge is 2.32. The van der Waals surface area contributed by atoms with E-state index in [9.17, 15) is 18.4 Å². The summed E-state index contributed by atoms with van der Waals surface area (Å²) < 4.78 is 29.6. The Labute approximate surface area is 223 Å². The van der Waals surface area contributed by atoms with Crippen molar-refractivity contribution in [2.45, 2.75) is 84.2 Å². The van der Waals surface area contributed by atoms with Gasteiger partial charge >= 0.3 is 0 Å². The lowest BCUT2D eigenvalue weighted by molar-refractivity contribution is -0.126. The van der Waals surface area contributed by atoms with E-state index in [-0.39, 0.29) is 12.3 Å². The Morgan fingerprint density at radius 1 is 0.895 bits per heavy atom. The van der Waals surface area contributed by atoms with Gasteiger partial charge in [0, 0.05) is 24.0 Å². The largest absolute Gasteiger partial charge is 0.345 e. The van der Waals surface area contributed by atoms with Crippen molar-refractivity contribution >= 4 is 17.6 Å². The SMILES string of the molecule is CC(NC(=O)CC(C)(C)c1ccccc1)C(=O)Nc1cc(C(C)(C)c2cc(F)cc(F)c2)nn1C(C)(C)C. The Kier molecular flexibility index (Phi) is 8.15. The summed E-state index contributed by atoms with van der Waals surface area (Å²) >= 11 is 0. The summed E-state index contributed by atoms with van der Waals surface area (Å²) in [4.78, 5) is 25.9. The van der Waals surface area contributed by atoms with Gasteiger partial charge in [0.05, 0.1) is 11.2 Å². The average molecular weight is 525 g/mol. The lowest BCUT2D eigenvalue weighted by Crippen LogP contribution is -2.43. The van der Waals surface area contributed by atoms with Gasteiger partial charge in [0.15, 0.2) is 0 Å². The summed E-state index contributed by atoms with van der Waals surface area (Å²) in [6.45, 7) is 15.0. The van der Waals surface area contributed by atoms with E-state index in [4.69, 9.17) is 5.10 Å². The van der Waals surface area contributed by atoms with Gasteiger partial charge in [0.2, 0.25) is 11.8 Å². The zero-order valence-corrected chi connectivity index (χ0v) is 23.4. The molecule has 2 aromatic carbocycles. The second kappa shape index (κ2) is 10.7. The molecule has 1 unspecified atom stereocenters. The zero-order chi connectivity index (χ0) is 28.5. The van der Waals surface area contributed by atoms with Gasteiger partial charge in [-0.3, -0.25) is 9.59 Å². The molecule has 0 bridgehead atoms. The highest BCUT2D eigenvalue weighted by Crippen LogP contribution is 2.35. The molecule has 0 spiro atoms. The van der Waals surface area contributed by atoms with Gasteiger partial charge in [-0.05, 0) is 56.4 Å². The summed E-state index contributed by atoms with van der Waals surface area (Å²) in [7, 11) is 0. The molecular formula is C30H38F2N4O2. The number of benzene rings is 2. The zero-order valence-electron chi connectivity index (χ0n) is 23.4. The standard InChI is InChI=1S/C30H38F2N4O2/c1-19(33-26(37)18-29(5,6)20-12-10-9-11-13-20)27(38)34-25-17-24(35-36(25)28(2,3)4)30(7,8)21-14-22(31)16-23(32)15-21/h9-17,19H,18H2,1-8H3,(H,33,37)(H,34,38). The van der Waals surface area contributed by atoms with Crippen molar-refractivity contribution in [1.29, 1.82) is 0 Å². The predicted octanol–water partition coefficient (Wildman–Crippen LogP) is 6.05. The number of hydrogen-bond acceptors (Lipinski definition) is 3. The van der Waals surface area contributed by atoms with E-state index in [1.165, 1.54) is 12.1 Å². The molecule has 204 valence electrons. The van der Waals surface area contributed by atoms with Crippen LogP contribution in [0.1, 0.15) is 78.6 Å². The summed E-state index contributed by atoms with van der Waals surface area (Å²) in [5.74, 6) is -1.55. The number of hydrogen-bond donors (Lipinski definition) is 2. The molecule has 0 radical (unpaired) electrons. The first-order valence-electron chi connectivity index (χ1n) is 12.7. The second-order valence-corrected chi connectivity index (χ2v) is 12.0. The lowest BCUT2D eigenvalue weighted by atomic mass is 9.81. The minimum Gasteiger partial charge on any atom is -0.345 e. The summed E-state index contributed by atoms with van der Waals surface area (Å²) in [6.07, 6.45) is 0.219. The van der Waals surface area contributed by atoms with Gasteiger partial charge in [-0.1, -0.05) is 58.0 Å². The topological polar surface area (TPSA) is 76.0 Å². The van der Waals surface area contributed by atoms with Crippen LogP contribution in [-0.4, -0.2) is 27.6 Å². The van der Waals surface area contributed by atoms with Gasteiger partial charge in [0.1, 0.15) is 23.5 Å². The molecule has 0 aliphatic carbocycles. The fourth-order valence-electron chi connectivity index (χ4n) is 4.33. The van der Waals surface area contributed by atoms with Gasteiger partial charge in [-0.15, -0.1) is 0 Å². The molecule has 6 nitrogen and oxygen atoms in total. The Morgan fingerprint density at radius 2 is 1.47 bits per heavy atom. The maximum atomic E-state index is 14.0. The summed E-state index contributed by atoms with van der Waals surface area (Å²) in [5, 5.41) is 10.4. The molecule has 8 heteroatoms. The van der Waals surface area contributed by atoms with Crippen molar-refractivity contribution in [3.05, 3.63) is 83.1 Å². The summed E-state index contributed by atoms with van der Waals surface area (Å²) in [6, 6.07) is 14.1. The third-order valence-corrected chi connectivity index (χ3v) is 6.75. The maximum absolute atomic E-state index is 14.0. The Bertz CT molecular complexity index is 1290. The van der Waals surface area contributed by atoms with Crippen LogP contribution < -0.4 is 10.6 Å². The molecule has 0 aliphatic heterocycles. The van der Waals surface area contributed by atoms with Crippen LogP contribution in [-0.2, 0) is 26.0 Å². The number of carbonyl (C=O) groups is 2. The minimum atomic E-state index is -0.845. The number of nitrogens with one attached hydrogen (secondary N) is 2. The monoisotopic (exact) mass is 524 g/mol. The van der Waals surface area contributed by atoms with Crippen LogP contribution in [0.15, 0.2) is 54.6 Å². The van der Waals surface area contributed by atoms with E-state index in [2.05, 4.69) is 10.6 Å². The van der Waals surface area contributed by atoms with Crippen LogP contribution in [0, 0.1) is 11.6 Å². The quantitative estimate of drug-likeness (QED) is 0.377. The maximum Gasteiger partial charge on any atom is 0.247 e. The van der Waals surface area contributed by atoms with E-state index in [1.54, 1.807) is 17.7 Å². The molecule has 0 saturated carbocycles. The molecule has 2 N–H and O–H groups in total. The number of rotatable bonds is 8. The van der Waals surface area contributed by atoms with Crippen LogP contribution in [0.3, 0.4) is 0 Å². The fourth-order valence-corrected chi connectivity index (χ4v) is 4.33. The molecule has 3 rings (SSSR count). The second-order valence-electron chi connectivity index (χ2n) is 12.0.